The molecule has 0 fully saturated rings. The van der Waals surface area contributed by atoms with E-state index in [1.165, 1.54) is 0 Å². The Morgan fingerprint density at radius 2 is 1.68 bits per heavy atom. The van der Waals surface area contributed by atoms with Gasteiger partial charge in [-0.15, -0.1) is 0 Å². The van der Waals surface area contributed by atoms with Crippen molar-refractivity contribution in [1.29, 1.82) is 0 Å². The van der Waals surface area contributed by atoms with Gasteiger partial charge < -0.3 is 10.1 Å². The highest BCUT2D eigenvalue weighted by Crippen LogP contribution is 2.23. The quantitative estimate of drug-likeness (QED) is 0.727. The van der Waals surface area contributed by atoms with Crippen molar-refractivity contribution in [2.24, 2.45) is 0 Å². The number of ether oxygens (including phenoxy) is 1. The van der Waals surface area contributed by atoms with E-state index in [-0.39, 0.29) is 15.1 Å². The third-order valence-electron chi connectivity index (χ3n) is 3.34. The second-order valence-electron chi connectivity index (χ2n) is 5.25. The number of aryl methyl sites for hydroxylation is 1. The molecule has 7 heteroatoms. The van der Waals surface area contributed by atoms with Gasteiger partial charge in [0, 0.05) is 5.69 Å². The summed E-state index contributed by atoms with van der Waals surface area (Å²) < 4.78 is 17.2. The minimum Gasteiger partial charge on any atom is -0.497 e. The zero-order valence-corrected chi connectivity index (χ0v) is 16.0. The Hall–Kier alpha value is -1.82. The van der Waals surface area contributed by atoms with Crippen molar-refractivity contribution in [3.63, 3.8) is 0 Å². The van der Waals surface area contributed by atoms with Gasteiger partial charge in [0.1, 0.15) is 15.1 Å². The van der Waals surface area contributed by atoms with Crippen LogP contribution >= 0.6 is 23.2 Å². The number of benzene rings is 2. The maximum atomic E-state index is 12.3. The van der Waals surface area contributed by atoms with E-state index in [1.54, 1.807) is 31.4 Å². The molecule has 0 aliphatic heterocycles. The molecule has 4 nitrogen and oxygen atoms in total. The van der Waals surface area contributed by atoms with E-state index in [4.69, 9.17) is 27.9 Å². The third kappa shape index (κ3) is 5.59. The first kappa shape index (κ1) is 19.5. The zero-order valence-electron chi connectivity index (χ0n) is 13.7. The van der Waals surface area contributed by atoms with Gasteiger partial charge in [-0.25, -0.2) is 0 Å². The second kappa shape index (κ2) is 9.04. The molecule has 0 heterocycles. The number of nitrogens with one attached hydrogen (secondary N) is 1. The number of carbonyl (C=O) groups excluding carboxylic acids is 1. The van der Waals surface area contributed by atoms with E-state index in [1.807, 2.05) is 31.2 Å². The van der Waals surface area contributed by atoms with Gasteiger partial charge in [-0.3, -0.25) is 9.00 Å². The molecule has 1 unspecified atom stereocenters. The van der Waals surface area contributed by atoms with Gasteiger partial charge in [-0.05, 0) is 36.8 Å². The molecule has 0 aliphatic rings. The molecular formula is C18H17Cl2NO3S. The summed E-state index contributed by atoms with van der Waals surface area (Å²) in [6, 6.07) is 14.3. The fourth-order valence-corrected chi connectivity index (χ4v) is 3.42. The van der Waals surface area contributed by atoms with Crippen molar-refractivity contribution >= 4 is 45.6 Å². The van der Waals surface area contributed by atoms with Crippen molar-refractivity contribution in [2.75, 3.05) is 12.4 Å². The van der Waals surface area contributed by atoms with Crippen molar-refractivity contribution < 1.29 is 13.7 Å². The number of anilines is 1. The lowest BCUT2D eigenvalue weighted by molar-refractivity contribution is -0.112. The first-order valence-corrected chi connectivity index (χ1v) is 9.43. The lowest BCUT2D eigenvalue weighted by atomic mass is 10.2. The summed E-state index contributed by atoms with van der Waals surface area (Å²) in [5, 5.41) is 2.31. The van der Waals surface area contributed by atoms with Crippen molar-refractivity contribution in [3.05, 3.63) is 69.1 Å². The number of hydrogen-bond acceptors (Lipinski definition) is 3. The normalized spacial score (nSPS) is 13.0. The van der Waals surface area contributed by atoms with Gasteiger partial charge in [-0.2, -0.15) is 0 Å². The Morgan fingerprint density at radius 3 is 2.24 bits per heavy atom. The lowest BCUT2D eigenvalue weighted by Gasteiger charge is -2.07. The zero-order chi connectivity index (χ0) is 18.4. The maximum Gasteiger partial charge on any atom is 0.269 e. The van der Waals surface area contributed by atoms with Crippen LogP contribution < -0.4 is 10.1 Å². The highest BCUT2D eigenvalue weighted by atomic mass is 35.5. The number of carbonyl (C=O) groups is 1. The fraction of sp³-hybridized carbons (Fsp3) is 0.167. The summed E-state index contributed by atoms with van der Waals surface area (Å²) in [6.07, 6.45) is 0. The van der Waals surface area contributed by atoms with Crippen molar-refractivity contribution in [2.45, 2.75) is 12.7 Å². The number of halogens is 2. The van der Waals surface area contributed by atoms with Crippen LogP contribution in [0.4, 0.5) is 5.69 Å². The van der Waals surface area contributed by atoms with Crippen LogP contribution in [0.1, 0.15) is 11.1 Å². The Kier molecular flexibility index (Phi) is 7.05. The fourth-order valence-electron chi connectivity index (χ4n) is 1.95. The van der Waals surface area contributed by atoms with Crippen LogP contribution in [0, 0.1) is 6.92 Å². The molecule has 1 N–H and O–H groups in total. The monoisotopic (exact) mass is 397 g/mol. The largest absolute Gasteiger partial charge is 0.497 e. The van der Waals surface area contributed by atoms with Crippen LogP contribution in [0.3, 0.4) is 0 Å². The number of hydrogen-bond donors (Lipinski definition) is 1. The average molecular weight is 398 g/mol. The smallest absolute Gasteiger partial charge is 0.269 e. The molecule has 2 rings (SSSR count). The number of rotatable bonds is 6. The highest BCUT2D eigenvalue weighted by molar-refractivity contribution is 7.90. The van der Waals surface area contributed by atoms with Crippen LogP contribution in [0.15, 0.2) is 57.9 Å². The van der Waals surface area contributed by atoms with E-state index in [9.17, 15) is 9.00 Å². The molecule has 0 bridgehead atoms. The van der Waals surface area contributed by atoms with Crippen LogP contribution in [0.25, 0.3) is 0 Å². The standard InChI is InChI=1S/C18H17Cl2NO3S/c1-12-3-5-13(6-4-12)11-25(23)17(20)16(19)18(22)21-14-7-9-15(24-2)10-8-14/h3-10H,11H2,1-2H3,(H,21,22)/b17-16+. The maximum absolute atomic E-state index is 12.3. The molecule has 2 aromatic rings. The van der Waals surface area contributed by atoms with Gasteiger partial charge in [0.2, 0.25) is 0 Å². The topological polar surface area (TPSA) is 55.4 Å². The van der Waals surface area contributed by atoms with E-state index < -0.39 is 16.7 Å². The predicted octanol–water partition coefficient (Wildman–Crippen LogP) is 4.54. The van der Waals surface area contributed by atoms with Crippen LogP contribution in [0.2, 0.25) is 0 Å². The lowest BCUT2D eigenvalue weighted by Crippen LogP contribution is -2.13. The Bertz CT molecular complexity index is 802. The minimum atomic E-state index is -1.60. The van der Waals surface area contributed by atoms with Crippen LogP contribution in [-0.2, 0) is 21.3 Å². The van der Waals surface area contributed by atoms with Crippen molar-refractivity contribution in [3.8, 4) is 5.75 Å². The Labute approximate surface area is 159 Å². The van der Waals surface area contributed by atoms with Gasteiger partial charge in [0.15, 0.2) is 0 Å². The molecule has 132 valence electrons. The third-order valence-corrected chi connectivity index (χ3v) is 5.81. The van der Waals surface area contributed by atoms with Gasteiger partial charge in [0.25, 0.3) is 5.91 Å². The molecule has 1 amide bonds. The summed E-state index contributed by atoms with van der Waals surface area (Å²) in [4.78, 5) is 12.2. The minimum absolute atomic E-state index is 0.173. The first-order valence-electron chi connectivity index (χ1n) is 7.35. The first-order chi connectivity index (χ1) is 11.9. The van der Waals surface area contributed by atoms with Crippen molar-refractivity contribution in [1.82, 2.24) is 0 Å². The summed E-state index contributed by atoms with van der Waals surface area (Å²) in [5.74, 6) is 0.233. The summed E-state index contributed by atoms with van der Waals surface area (Å²) in [7, 11) is -0.0519. The van der Waals surface area contributed by atoms with E-state index >= 15 is 0 Å². The summed E-state index contributed by atoms with van der Waals surface area (Å²) in [6.45, 7) is 1.97. The second-order valence-corrected chi connectivity index (χ2v) is 7.61. The molecule has 25 heavy (non-hydrogen) atoms. The number of methoxy groups -OCH3 is 1. The van der Waals surface area contributed by atoms with Crippen LogP contribution in [0.5, 0.6) is 5.75 Å². The highest BCUT2D eigenvalue weighted by Gasteiger charge is 2.17. The number of amides is 1. The molecule has 0 saturated heterocycles. The van der Waals surface area contributed by atoms with Gasteiger partial charge >= 0.3 is 0 Å². The Morgan fingerprint density at radius 1 is 1.08 bits per heavy atom. The Balaban J connectivity index is 2.06. The molecule has 0 aromatic heterocycles. The molecule has 0 aliphatic carbocycles. The molecule has 2 aromatic carbocycles. The SMILES string of the molecule is COc1ccc(NC(=O)/C(Cl)=C(/Cl)S(=O)Cc2ccc(C)cc2)cc1. The van der Waals surface area contributed by atoms with Gasteiger partial charge in [0.05, 0.1) is 23.7 Å². The van der Waals surface area contributed by atoms with Gasteiger partial charge in [-0.1, -0.05) is 53.0 Å². The summed E-state index contributed by atoms with van der Waals surface area (Å²) >= 11 is 12.0. The predicted molar refractivity (Wildman–Crippen MR) is 103 cm³/mol. The van der Waals surface area contributed by atoms with E-state index in [0.29, 0.717) is 11.4 Å². The molecule has 0 spiro atoms. The molecule has 0 radical (unpaired) electrons. The van der Waals surface area contributed by atoms with E-state index in [0.717, 1.165) is 11.1 Å². The molecule has 0 saturated carbocycles. The van der Waals surface area contributed by atoms with Crippen LogP contribution in [-0.4, -0.2) is 17.2 Å². The molecule has 1 atom stereocenters. The molecular weight excluding hydrogens is 381 g/mol. The van der Waals surface area contributed by atoms with E-state index in [2.05, 4.69) is 5.32 Å². The summed E-state index contributed by atoms with van der Waals surface area (Å²) in [5.41, 5.74) is 2.48. The average Bonchev–Trinajstić information content (AvgIpc) is 2.62.